The Kier molecular flexibility index (Phi) is 6.63. The third-order valence-corrected chi connectivity index (χ3v) is 7.14. The van der Waals surface area contributed by atoms with Crippen molar-refractivity contribution in [2.75, 3.05) is 17.3 Å². The maximum absolute atomic E-state index is 14.0. The molecule has 0 bridgehead atoms. The van der Waals surface area contributed by atoms with Gasteiger partial charge in [0.05, 0.1) is 26.8 Å². The fourth-order valence-corrected chi connectivity index (χ4v) is 5.32. The lowest BCUT2D eigenvalue weighted by Crippen LogP contribution is -2.49. The molecule has 39 heavy (non-hydrogen) atoms. The Morgan fingerprint density at radius 3 is 2.59 bits per heavy atom. The number of aromatic nitrogens is 3. The minimum Gasteiger partial charge on any atom is -0.395 e. The number of hydrogen-bond acceptors (Lipinski definition) is 7. The molecule has 16 heteroatoms. The minimum atomic E-state index is -4.91. The van der Waals surface area contributed by atoms with E-state index in [0.717, 1.165) is 6.07 Å². The molecule has 0 saturated heterocycles. The molecule has 0 radical (unpaired) electrons. The summed E-state index contributed by atoms with van der Waals surface area (Å²) in [5.41, 5.74) is -2.49. The maximum Gasteiger partial charge on any atom is 0.586 e. The second-order valence-electron chi connectivity index (χ2n) is 8.72. The van der Waals surface area contributed by atoms with Crippen molar-refractivity contribution < 1.29 is 36.2 Å². The third-order valence-electron chi connectivity index (χ3n) is 5.65. The lowest BCUT2D eigenvalue weighted by Gasteiger charge is -2.39. The molecule has 5 rings (SSSR count). The van der Waals surface area contributed by atoms with Gasteiger partial charge < -0.3 is 20.1 Å². The van der Waals surface area contributed by atoms with Crippen LogP contribution in [0.5, 0.6) is 11.5 Å². The summed E-state index contributed by atoms with van der Waals surface area (Å²) in [5, 5.41) is 8.72. The molecule has 1 amide bonds. The lowest BCUT2D eigenvalue weighted by molar-refractivity contribution is -0.286. The van der Waals surface area contributed by atoms with Crippen LogP contribution in [0.15, 0.2) is 36.5 Å². The van der Waals surface area contributed by atoms with Crippen LogP contribution in [0, 0.1) is 0 Å². The third kappa shape index (κ3) is 5.08. The summed E-state index contributed by atoms with van der Waals surface area (Å²) in [6, 6.07) is 4.31. The normalized spacial score (nSPS) is 19.3. The van der Waals surface area contributed by atoms with Crippen molar-refractivity contribution in [1.29, 1.82) is 0 Å². The van der Waals surface area contributed by atoms with Crippen molar-refractivity contribution in [2.24, 2.45) is 0 Å². The highest BCUT2D eigenvalue weighted by Gasteiger charge is 2.47. The highest BCUT2D eigenvalue weighted by molar-refractivity contribution is 7.98. The van der Waals surface area contributed by atoms with Crippen LogP contribution in [-0.4, -0.2) is 44.5 Å². The molecule has 2 N–H and O–H groups in total. The number of benzene rings is 1. The van der Waals surface area contributed by atoms with Crippen molar-refractivity contribution in [3.8, 4) is 17.3 Å². The number of pyridine rings is 1. The average molecular weight is 608 g/mol. The molecule has 2 aromatic heterocycles. The van der Waals surface area contributed by atoms with Crippen molar-refractivity contribution >= 4 is 52.3 Å². The zero-order valence-electron chi connectivity index (χ0n) is 19.8. The molecule has 0 aliphatic carbocycles. The Bertz CT molecular complexity index is 1530. The van der Waals surface area contributed by atoms with Gasteiger partial charge in [0, 0.05) is 29.8 Å². The van der Waals surface area contributed by atoms with Gasteiger partial charge in [-0.05, 0) is 31.4 Å². The van der Waals surface area contributed by atoms with Crippen LogP contribution in [0.4, 0.5) is 27.6 Å². The second kappa shape index (κ2) is 9.45. The Balaban J connectivity index is 1.62. The van der Waals surface area contributed by atoms with Gasteiger partial charge in [0.15, 0.2) is 23.0 Å². The fourth-order valence-electron chi connectivity index (χ4n) is 4.12. The number of amides is 1. The first-order valence-corrected chi connectivity index (χ1v) is 13.1. The molecular formula is C23H16Cl2F5N5O3S. The van der Waals surface area contributed by atoms with Crippen molar-refractivity contribution in [2.45, 2.75) is 24.9 Å². The van der Waals surface area contributed by atoms with Gasteiger partial charge in [-0.15, -0.1) is 8.78 Å². The topological polar surface area (TPSA) is 90.3 Å². The van der Waals surface area contributed by atoms with Gasteiger partial charge in [-0.2, -0.15) is 30.0 Å². The molecule has 2 aliphatic heterocycles. The van der Waals surface area contributed by atoms with E-state index in [-0.39, 0.29) is 32.9 Å². The Morgan fingerprint density at radius 1 is 1.23 bits per heavy atom. The molecule has 1 atom stereocenters. The van der Waals surface area contributed by atoms with E-state index < -0.39 is 41.1 Å². The molecule has 0 saturated carbocycles. The predicted octanol–water partition coefficient (Wildman–Crippen LogP) is 6.23. The number of hydrogen-bond donors (Lipinski definition) is 2. The summed E-state index contributed by atoms with van der Waals surface area (Å²) < 4.78 is 78.5. The second-order valence-corrected chi connectivity index (χ2v) is 10.4. The van der Waals surface area contributed by atoms with Gasteiger partial charge in [-0.1, -0.05) is 23.2 Å². The number of rotatable bonds is 6. The average Bonchev–Trinajstić information content (AvgIpc) is 3.39. The van der Waals surface area contributed by atoms with E-state index in [9.17, 15) is 26.7 Å². The maximum atomic E-state index is 14.0. The number of carbonyl (C=O) groups is 1. The molecule has 0 fully saturated rings. The number of nitrogens with one attached hydrogen (secondary N) is 2. The summed E-state index contributed by atoms with van der Waals surface area (Å²) in [4.78, 5) is 17.3. The Labute approximate surface area is 231 Å². The first-order valence-electron chi connectivity index (χ1n) is 10.9. The molecule has 206 valence electrons. The summed E-state index contributed by atoms with van der Waals surface area (Å²) in [5.74, 6) is -1.53. The minimum absolute atomic E-state index is 0.0698. The number of carbonyl (C=O) groups excluding carboxylic acids is 1. The highest BCUT2D eigenvalue weighted by atomic mass is 35.5. The van der Waals surface area contributed by atoms with Crippen LogP contribution in [0.25, 0.3) is 11.5 Å². The first kappa shape index (κ1) is 27.3. The summed E-state index contributed by atoms with van der Waals surface area (Å²) >= 11 is 14.0. The van der Waals surface area contributed by atoms with Crippen LogP contribution in [0.3, 0.4) is 0 Å². The quantitative estimate of drug-likeness (QED) is 0.321. The molecule has 2 aliphatic rings. The van der Waals surface area contributed by atoms with E-state index in [1.807, 2.05) is 13.2 Å². The highest BCUT2D eigenvalue weighted by Crippen LogP contribution is 2.52. The van der Waals surface area contributed by atoms with E-state index in [1.54, 1.807) is 6.08 Å². The smallest absolute Gasteiger partial charge is 0.395 e. The zero-order valence-corrected chi connectivity index (χ0v) is 22.1. The van der Waals surface area contributed by atoms with Crippen molar-refractivity contribution in [3.05, 3.63) is 63.5 Å². The Hall–Kier alpha value is -3.23. The fraction of sp³-hybridized carbons (Fsp3) is 0.261. The monoisotopic (exact) mass is 607 g/mol. The first-order chi connectivity index (χ1) is 18.2. The van der Waals surface area contributed by atoms with Crippen LogP contribution in [0.1, 0.15) is 28.7 Å². The molecular weight excluding hydrogens is 592 g/mol. The van der Waals surface area contributed by atoms with E-state index in [2.05, 4.69) is 25.5 Å². The number of anilines is 1. The predicted molar refractivity (Wildman–Crippen MR) is 135 cm³/mol. The van der Waals surface area contributed by atoms with Gasteiger partial charge >= 0.3 is 12.5 Å². The van der Waals surface area contributed by atoms with Crippen LogP contribution in [-0.2, 0) is 6.18 Å². The largest absolute Gasteiger partial charge is 0.586 e. The summed E-state index contributed by atoms with van der Waals surface area (Å²) in [6.45, 7) is 1.86. The van der Waals surface area contributed by atoms with E-state index in [1.165, 1.54) is 30.1 Å². The molecule has 0 spiro atoms. The van der Waals surface area contributed by atoms with E-state index in [0.29, 0.717) is 22.2 Å². The summed E-state index contributed by atoms with van der Waals surface area (Å²) in [6.07, 6.45) is -4.05. The molecule has 3 aromatic rings. The zero-order chi connectivity index (χ0) is 28.3. The van der Waals surface area contributed by atoms with E-state index in [4.69, 9.17) is 27.9 Å². The van der Waals surface area contributed by atoms with Crippen molar-refractivity contribution in [1.82, 2.24) is 20.1 Å². The number of ether oxygens (including phenoxy) is 2. The number of fused-ring (bicyclic) bond motifs is 1. The van der Waals surface area contributed by atoms with Crippen molar-refractivity contribution in [3.63, 3.8) is 0 Å². The van der Waals surface area contributed by atoms with E-state index >= 15 is 0 Å². The van der Waals surface area contributed by atoms with Crippen LogP contribution < -0.4 is 20.1 Å². The number of thioether (sulfide) groups is 1. The Morgan fingerprint density at radius 2 is 1.95 bits per heavy atom. The van der Waals surface area contributed by atoms with Gasteiger partial charge in [-0.3, -0.25) is 4.79 Å². The molecule has 4 heterocycles. The lowest BCUT2D eigenvalue weighted by atomic mass is 9.90. The number of halogens is 7. The van der Waals surface area contributed by atoms with Gasteiger partial charge in [-0.25, -0.2) is 9.67 Å². The molecule has 1 unspecified atom stereocenters. The van der Waals surface area contributed by atoms with Crippen LogP contribution in [0.2, 0.25) is 10.0 Å². The van der Waals surface area contributed by atoms with Gasteiger partial charge in [0.25, 0.3) is 5.91 Å². The molecule has 8 nitrogen and oxygen atoms in total. The van der Waals surface area contributed by atoms with Crippen LogP contribution >= 0.6 is 35.0 Å². The van der Waals surface area contributed by atoms with Gasteiger partial charge in [0.2, 0.25) is 0 Å². The molecule has 1 aromatic carbocycles. The number of nitrogens with zero attached hydrogens (tertiary/aromatic N) is 3. The summed E-state index contributed by atoms with van der Waals surface area (Å²) in [7, 11) is 0. The number of alkyl halides is 5. The van der Waals surface area contributed by atoms with Gasteiger partial charge in [0.1, 0.15) is 5.69 Å². The SMILES string of the molecule is CSCC1(C)C=C(c2c(NC(=O)c3cc(C(F)(F)F)nn3-c3ncccc3Cl)c(Cl)cc3c2OC(F)(F)O3)N1. The standard InChI is InChI=1S/C23H16Cl2F5N5O3S/c1-21(9-39-2)8-12(33-21)16-17(11(25)6-14-18(16)38-23(29,30)37-14)32-20(36)13-7-15(22(26,27)28)34-35(13)19-10(24)4-3-5-31-19/h3-8,33H,9H2,1-2H3,(H,32,36).